The zero-order valence-corrected chi connectivity index (χ0v) is 12.2. The second-order valence-corrected chi connectivity index (χ2v) is 5.09. The highest BCUT2D eigenvalue weighted by Gasteiger charge is 2.17. The highest BCUT2D eigenvalue weighted by atomic mass is 16.5. The van der Waals surface area contributed by atoms with Gasteiger partial charge in [0.05, 0.1) is 19.2 Å². The van der Waals surface area contributed by atoms with Crippen molar-refractivity contribution in [3.63, 3.8) is 0 Å². The smallest absolute Gasteiger partial charge is 0.340 e. The third-order valence-electron chi connectivity index (χ3n) is 3.59. The van der Waals surface area contributed by atoms with E-state index in [1.165, 1.54) is 13.5 Å². The number of nitrogens with one attached hydrogen (secondary N) is 1. The molecule has 1 saturated heterocycles. The predicted octanol–water partition coefficient (Wildman–Crippen LogP) is 1.48. The first-order valence-corrected chi connectivity index (χ1v) is 7.11. The van der Waals surface area contributed by atoms with E-state index in [-0.39, 0.29) is 12.5 Å². The van der Waals surface area contributed by atoms with E-state index in [1.807, 2.05) is 4.90 Å². The summed E-state index contributed by atoms with van der Waals surface area (Å²) in [5, 5.41) is 3.01. The fourth-order valence-corrected chi connectivity index (χ4v) is 2.42. The summed E-state index contributed by atoms with van der Waals surface area (Å²) in [7, 11) is 1.31. The summed E-state index contributed by atoms with van der Waals surface area (Å²) in [4.78, 5) is 25.7. The van der Waals surface area contributed by atoms with Gasteiger partial charge in [-0.15, -0.1) is 0 Å². The van der Waals surface area contributed by atoms with Gasteiger partial charge in [0, 0.05) is 24.5 Å². The van der Waals surface area contributed by atoms with Gasteiger partial charge in [-0.05, 0) is 37.5 Å². The summed E-state index contributed by atoms with van der Waals surface area (Å²) in [5.41, 5.74) is 7.05. The third-order valence-corrected chi connectivity index (χ3v) is 3.59. The number of nitrogen functional groups attached to an aromatic ring is 1. The molecule has 1 aromatic rings. The molecule has 6 heteroatoms. The van der Waals surface area contributed by atoms with Crippen molar-refractivity contribution in [2.75, 3.05) is 37.8 Å². The largest absolute Gasteiger partial charge is 0.465 e. The van der Waals surface area contributed by atoms with Gasteiger partial charge in [-0.1, -0.05) is 0 Å². The summed E-state index contributed by atoms with van der Waals surface area (Å²) in [6.07, 6.45) is 3.30. The molecule has 0 atom stereocenters. The van der Waals surface area contributed by atoms with Gasteiger partial charge in [0.2, 0.25) is 5.91 Å². The van der Waals surface area contributed by atoms with Gasteiger partial charge in [-0.3, -0.25) is 4.79 Å². The second kappa shape index (κ2) is 6.97. The number of piperidine rings is 1. The minimum Gasteiger partial charge on any atom is -0.465 e. The number of hydrogen-bond donors (Lipinski definition) is 2. The molecule has 1 fully saturated rings. The molecular formula is C15H21N3O3. The molecule has 0 unspecified atom stereocenters. The Morgan fingerprint density at radius 2 is 2.00 bits per heavy atom. The molecule has 0 aliphatic carbocycles. The van der Waals surface area contributed by atoms with Gasteiger partial charge in [0.1, 0.15) is 0 Å². The Hall–Kier alpha value is -2.24. The van der Waals surface area contributed by atoms with Crippen LogP contribution >= 0.6 is 0 Å². The van der Waals surface area contributed by atoms with E-state index >= 15 is 0 Å². The molecule has 2 rings (SSSR count). The molecule has 0 radical (unpaired) electrons. The van der Waals surface area contributed by atoms with Crippen LogP contribution in [0.3, 0.4) is 0 Å². The van der Waals surface area contributed by atoms with Crippen LogP contribution < -0.4 is 11.1 Å². The lowest BCUT2D eigenvalue weighted by Gasteiger charge is -2.27. The molecule has 0 aromatic heterocycles. The predicted molar refractivity (Wildman–Crippen MR) is 81.1 cm³/mol. The average Bonchev–Trinajstić information content (AvgIpc) is 2.53. The number of carbonyl (C=O) groups excluding carboxylic acids is 2. The minimum atomic E-state index is -0.477. The third kappa shape index (κ3) is 3.87. The fourth-order valence-electron chi connectivity index (χ4n) is 2.42. The average molecular weight is 291 g/mol. The monoisotopic (exact) mass is 291 g/mol. The highest BCUT2D eigenvalue weighted by molar-refractivity contribution is 5.97. The van der Waals surface area contributed by atoms with E-state index in [0.717, 1.165) is 25.9 Å². The van der Waals surface area contributed by atoms with E-state index in [9.17, 15) is 9.59 Å². The van der Waals surface area contributed by atoms with E-state index in [2.05, 4.69) is 5.32 Å². The van der Waals surface area contributed by atoms with Crippen LogP contribution in [-0.4, -0.2) is 43.5 Å². The van der Waals surface area contributed by atoms with Crippen LogP contribution in [0.25, 0.3) is 0 Å². The Morgan fingerprint density at radius 3 is 2.67 bits per heavy atom. The number of amides is 1. The van der Waals surface area contributed by atoms with E-state index in [0.29, 0.717) is 16.9 Å². The first-order chi connectivity index (χ1) is 10.1. The van der Waals surface area contributed by atoms with Crippen LogP contribution in [0, 0.1) is 0 Å². The van der Waals surface area contributed by atoms with Crippen molar-refractivity contribution in [3.05, 3.63) is 23.8 Å². The number of likely N-dealkylation sites (tertiary alicyclic amines) is 1. The van der Waals surface area contributed by atoms with Crippen LogP contribution in [-0.2, 0) is 9.53 Å². The highest BCUT2D eigenvalue weighted by Crippen LogP contribution is 2.20. The molecule has 1 heterocycles. The zero-order chi connectivity index (χ0) is 15.2. The van der Waals surface area contributed by atoms with Crippen molar-refractivity contribution in [1.82, 2.24) is 4.90 Å². The molecule has 0 bridgehead atoms. The fraction of sp³-hybridized carbons (Fsp3) is 0.467. The van der Waals surface area contributed by atoms with Gasteiger partial charge in [0.25, 0.3) is 0 Å². The SMILES string of the molecule is COC(=O)c1cc(N)ccc1NCC(=O)N1CCCCC1. The normalized spacial score (nSPS) is 14.6. The lowest BCUT2D eigenvalue weighted by Crippen LogP contribution is -2.39. The van der Waals surface area contributed by atoms with E-state index in [1.54, 1.807) is 18.2 Å². The van der Waals surface area contributed by atoms with Crippen LogP contribution in [0.2, 0.25) is 0 Å². The maximum absolute atomic E-state index is 12.1. The number of anilines is 2. The number of rotatable bonds is 4. The number of benzene rings is 1. The topological polar surface area (TPSA) is 84.7 Å². The molecule has 0 saturated carbocycles. The zero-order valence-electron chi connectivity index (χ0n) is 12.2. The Kier molecular flexibility index (Phi) is 5.03. The molecule has 21 heavy (non-hydrogen) atoms. The number of ether oxygens (including phenoxy) is 1. The number of carbonyl (C=O) groups is 2. The van der Waals surface area contributed by atoms with Crippen LogP contribution in [0.15, 0.2) is 18.2 Å². The van der Waals surface area contributed by atoms with Crippen molar-refractivity contribution in [1.29, 1.82) is 0 Å². The van der Waals surface area contributed by atoms with Crippen LogP contribution in [0.5, 0.6) is 0 Å². The summed E-state index contributed by atoms with van der Waals surface area (Å²) >= 11 is 0. The molecule has 6 nitrogen and oxygen atoms in total. The molecular weight excluding hydrogens is 270 g/mol. The Balaban J connectivity index is 2.02. The molecule has 1 aliphatic rings. The second-order valence-electron chi connectivity index (χ2n) is 5.09. The van der Waals surface area contributed by atoms with Gasteiger partial charge >= 0.3 is 5.97 Å². The van der Waals surface area contributed by atoms with Gasteiger partial charge in [0.15, 0.2) is 0 Å². The minimum absolute atomic E-state index is 0.0438. The Bertz CT molecular complexity index is 525. The van der Waals surface area contributed by atoms with Crippen molar-refractivity contribution >= 4 is 23.3 Å². The van der Waals surface area contributed by atoms with Crippen molar-refractivity contribution in [2.24, 2.45) is 0 Å². The van der Waals surface area contributed by atoms with Crippen molar-refractivity contribution in [3.8, 4) is 0 Å². The molecule has 114 valence electrons. The van der Waals surface area contributed by atoms with Gasteiger partial charge < -0.3 is 20.7 Å². The van der Waals surface area contributed by atoms with Gasteiger partial charge in [-0.2, -0.15) is 0 Å². The van der Waals surface area contributed by atoms with Gasteiger partial charge in [-0.25, -0.2) is 4.79 Å². The summed E-state index contributed by atoms with van der Waals surface area (Å²) < 4.78 is 4.73. The molecule has 3 N–H and O–H groups in total. The maximum Gasteiger partial charge on any atom is 0.340 e. The van der Waals surface area contributed by atoms with Crippen molar-refractivity contribution in [2.45, 2.75) is 19.3 Å². The molecule has 1 aromatic carbocycles. The molecule has 0 spiro atoms. The van der Waals surface area contributed by atoms with E-state index < -0.39 is 5.97 Å². The first-order valence-electron chi connectivity index (χ1n) is 7.11. The number of esters is 1. The lowest BCUT2D eigenvalue weighted by molar-refractivity contribution is -0.130. The molecule has 1 amide bonds. The number of nitrogens with zero attached hydrogens (tertiary/aromatic N) is 1. The van der Waals surface area contributed by atoms with Crippen LogP contribution in [0.1, 0.15) is 29.6 Å². The first kappa shape index (κ1) is 15.2. The number of nitrogens with two attached hydrogens (primary N) is 1. The Morgan fingerprint density at radius 1 is 1.29 bits per heavy atom. The quantitative estimate of drug-likeness (QED) is 0.648. The standard InChI is InChI=1S/C15H21N3O3/c1-21-15(20)12-9-11(16)5-6-13(12)17-10-14(19)18-7-3-2-4-8-18/h5-6,9,17H,2-4,7-8,10,16H2,1H3. The summed E-state index contributed by atoms with van der Waals surface area (Å²) in [6.45, 7) is 1.78. The van der Waals surface area contributed by atoms with E-state index in [4.69, 9.17) is 10.5 Å². The van der Waals surface area contributed by atoms with Crippen LogP contribution in [0.4, 0.5) is 11.4 Å². The number of methoxy groups -OCH3 is 1. The van der Waals surface area contributed by atoms with Crippen molar-refractivity contribution < 1.29 is 14.3 Å². The molecule has 1 aliphatic heterocycles. The number of hydrogen-bond acceptors (Lipinski definition) is 5. The lowest BCUT2D eigenvalue weighted by atomic mass is 10.1. The Labute approximate surface area is 124 Å². The maximum atomic E-state index is 12.1. The summed E-state index contributed by atoms with van der Waals surface area (Å²) in [5.74, 6) is -0.433. The summed E-state index contributed by atoms with van der Waals surface area (Å²) in [6, 6.07) is 4.91.